The van der Waals surface area contributed by atoms with Crippen LogP contribution in [0.1, 0.15) is 51.3 Å². The molecule has 0 aliphatic carbocycles. The van der Waals surface area contributed by atoms with Crippen LogP contribution in [0.2, 0.25) is 5.02 Å². The predicted octanol–water partition coefficient (Wildman–Crippen LogP) is 4.50. The van der Waals surface area contributed by atoms with Crippen LogP contribution in [-0.2, 0) is 6.42 Å². The molecular formula is C22H19ClN4O3S. The molecule has 1 N–H and O–H groups in total. The number of hydrogen-bond donors (Lipinski definition) is 1. The summed E-state index contributed by atoms with van der Waals surface area (Å²) in [6, 6.07) is 7.38. The van der Waals surface area contributed by atoms with Gasteiger partial charge in [0.25, 0.3) is 11.5 Å². The molecule has 4 aromatic rings. The lowest BCUT2D eigenvalue weighted by atomic mass is 10.1. The Morgan fingerprint density at radius 3 is 2.90 bits per heavy atom. The molecule has 158 valence electrons. The Morgan fingerprint density at radius 1 is 1.32 bits per heavy atom. The van der Waals surface area contributed by atoms with Gasteiger partial charge in [-0.1, -0.05) is 23.7 Å². The molecule has 0 saturated carbocycles. The van der Waals surface area contributed by atoms with Crippen LogP contribution in [0.5, 0.6) is 0 Å². The molecule has 1 fully saturated rings. The molecule has 5 rings (SSSR count). The summed E-state index contributed by atoms with van der Waals surface area (Å²) in [5.41, 5.74) is 1.52. The van der Waals surface area contributed by atoms with Crippen LogP contribution in [0.25, 0.3) is 10.2 Å². The number of likely N-dealkylation sites (tertiary alicyclic amines) is 1. The number of aryl methyl sites for hydroxylation is 1. The van der Waals surface area contributed by atoms with Gasteiger partial charge in [0.1, 0.15) is 16.6 Å². The summed E-state index contributed by atoms with van der Waals surface area (Å²) < 4.78 is 6.02. The summed E-state index contributed by atoms with van der Waals surface area (Å²) >= 11 is 7.21. The fourth-order valence-electron chi connectivity index (χ4n) is 4.04. The molecule has 0 spiro atoms. The SMILES string of the molecule is Cc1c(C(=O)N2CCC[C@H]2c2ncc(Cc3ccc(Cl)cc3)o2)sc2nc[nH]c(=O)c12. The number of oxazole rings is 1. The summed E-state index contributed by atoms with van der Waals surface area (Å²) in [5.74, 6) is 1.18. The Bertz CT molecular complexity index is 1320. The van der Waals surface area contributed by atoms with Crippen LogP contribution >= 0.6 is 22.9 Å². The van der Waals surface area contributed by atoms with Gasteiger partial charge in [-0.05, 0) is 43.0 Å². The molecule has 1 aromatic carbocycles. The molecular weight excluding hydrogens is 436 g/mol. The van der Waals surface area contributed by atoms with Gasteiger partial charge in [0.05, 0.1) is 22.8 Å². The number of nitrogens with one attached hydrogen (secondary N) is 1. The fraction of sp³-hybridized carbons (Fsp3) is 0.273. The topological polar surface area (TPSA) is 92.1 Å². The van der Waals surface area contributed by atoms with E-state index in [1.54, 1.807) is 18.0 Å². The minimum Gasteiger partial charge on any atom is -0.443 e. The molecule has 7 nitrogen and oxygen atoms in total. The largest absolute Gasteiger partial charge is 0.443 e. The molecule has 0 bridgehead atoms. The number of halogens is 1. The average Bonchev–Trinajstić information content (AvgIpc) is 3.48. The minimum atomic E-state index is -0.227. The van der Waals surface area contributed by atoms with Gasteiger partial charge in [-0.15, -0.1) is 11.3 Å². The van der Waals surface area contributed by atoms with E-state index in [-0.39, 0.29) is 17.5 Å². The van der Waals surface area contributed by atoms with Crippen molar-refractivity contribution < 1.29 is 9.21 Å². The third-order valence-corrected chi connectivity index (χ3v) is 7.03. The van der Waals surface area contributed by atoms with Crippen molar-refractivity contribution in [3.63, 3.8) is 0 Å². The first-order valence-electron chi connectivity index (χ1n) is 9.98. The summed E-state index contributed by atoms with van der Waals surface area (Å²) in [6.45, 7) is 2.42. The van der Waals surface area contributed by atoms with Crippen LogP contribution in [0.15, 0.2) is 46.0 Å². The number of H-pyrrole nitrogens is 1. The van der Waals surface area contributed by atoms with Crippen molar-refractivity contribution in [3.8, 4) is 0 Å². The van der Waals surface area contributed by atoms with E-state index >= 15 is 0 Å². The van der Waals surface area contributed by atoms with Gasteiger partial charge in [-0.25, -0.2) is 9.97 Å². The maximum absolute atomic E-state index is 13.4. The standard InChI is InChI=1S/C22H19ClN4O3S/c1-12-17-19(28)25-11-26-21(17)31-18(12)22(29)27-8-2-3-16(27)20-24-10-15(30-20)9-13-4-6-14(23)7-5-13/h4-7,10-11,16H,2-3,8-9H2,1H3,(H,25,26,28)/t16-/m0/s1. The van der Waals surface area contributed by atoms with Crippen LogP contribution in [0, 0.1) is 6.92 Å². The number of thiophene rings is 1. The monoisotopic (exact) mass is 454 g/mol. The van der Waals surface area contributed by atoms with Gasteiger partial charge in [-0.3, -0.25) is 9.59 Å². The van der Waals surface area contributed by atoms with Gasteiger partial charge < -0.3 is 14.3 Å². The predicted molar refractivity (Wildman–Crippen MR) is 119 cm³/mol. The van der Waals surface area contributed by atoms with E-state index in [0.29, 0.717) is 44.5 Å². The summed E-state index contributed by atoms with van der Waals surface area (Å²) in [4.78, 5) is 39.7. The van der Waals surface area contributed by atoms with Crippen molar-refractivity contribution in [2.75, 3.05) is 6.54 Å². The lowest BCUT2D eigenvalue weighted by Gasteiger charge is -2.22. The Labute approximate surface area is 186 Å². The Morgan fingerprint density at radius 2 is 2.13 bits per heavy atom. The highest BCUT2D eigenvalue weighted by Crippen LogP contribution is 2.36. The van der Waals surface area contributed by atoms with Gasteiger partial charge >= 0.3 is 0 Å². The number of rotatable bonds is 4. The van der Waals surface area contributed by atoms with Crippen molar-refractivity contribution in [1.29, 1.82) is 0 Å². The smallest absolute Gasteiger partial charge is 0.264 e. The molecule has 1 aliphatic heterocycles. The molecule has 3 aromatic heterocycles. The zero-order chi connectivity index (χ0) is 21.5. The third kappa shape index (κ3) is 3.66. The first-order valence-corrected chi connectivity index (χ1v) is 11.2. The maximum atomic E-state index is 13.4. The van der Waals surface area contributed by atoms with Crippen LogP contribution in [0.4, 0.5) is 0 Å². The molecule has 1 saturated heterocycles. The number of nitrogens with zero attached hydrogens (tertiary/aromatic N) is 3. The number of hydrogen-bond acceptors (Lipinski definition) is 6. The molecule has 1 amide bonds. The Hall–Kier alpha value is -2.97. The number of aromatic amines is 1. The van der Waals surface area contributed by atoms with Crippen LogP contribution in [0.3, 0.4) is 0 Å². The second-order valence-corrected chi connectivity index (χ2v) is 9.03. The normalized spacial score (nSPS) is 16.3. The van der Waals surface area contributed by atoms with Gasteiger partial charge in [0.2, 0.25) is 5.89 Å². The molecule has 9 heteroatoms. The lowest BCUT2D eigenvalue weighted by molar-refractivity contribution is 0.0719. The molecule has 1 aliphatic rings. The van der Waals surface area contributed by atoms with Gasteiger partial charge in [0, 0.05) is 18.0 Å². The number of carbonyl (C=O) groups is 1. The highest BCUT2D eigenvalue weighted by atomic mass is 35.5. The highest BCUT2D eigenvalue weighted by molar-refractivity contribution is 7.20. The molecule has 0 unspecified atom stereocenters. The molecule has 4 heterocycles. The van der Waals surface area contributed by atoms with Crippen LogP contribution < -0.4 is 5.56 Å². The van der Waals surface area contributed by atoms with Crippen molar-refractivity contribution in [2.24, 2.45) is 0 Å². The van der Waals surface area contributed by atoms with E-state index in [1.807, 2.05) is 24.3 Å². The quantitative estimate of drug-likeness (QED) is 0.490. The van der Waals surface area contributed by atoms with Crippen molar-refractivity contribution >= 4 is 39.1 Å². The van der Waals surface area contributed by atoms with Crippen molar-refractivity contribution in [2.45, 2.75) is 32.2 Å². The van der Waals surface area contributed by atoms with E-state index < -0.39 is 0 Å². The second kappa shape index (κ2) is 7.94. The van der Waals surface area contributed by atoms with E-state index in [2.05, 4.69) is 15.0 Å². The number of carbonyl (C=O) groups excluding carboxylic acids is 1. The molecule has 1 atom stereocenters. The zero-order valence-electron chi connectivity index (χ0n) is 16.7. The van der Waals surface area contributed by atoms with Crippen molar-refractivity contribution in [3.05, 3.63) is 79.8 Å². The van der Waals surface area contributed by atoms with Gasteiger partial charge in [-0.2, -0.15) is 0 Å². The Kier molecular flexibility index (Phi) is 5.11. The number of aromatic nitrogens is 3. The Balaban J connectivity index is 1.40. The minimum absolute atomic E-state index is 0.111. The van der Waals surface area contributed by atoms with E-state index in [9.17, 15) is 9.59 Å². The van der Waals surface area contributed by atoms with Gasteiger partial charge in [0.15, 0.2) is 0 Å². The van der Waals surface area contributed by atoms with E-state index in [1.165, 1.54) is 17.7 Å². The summed E-state index contributed by atoms with van der Waals surface area (Å²) in [6.07, 6.45) is 5.35. The summed E-state index contributed by atoms with van der Waals surface area (Å²) in [5, 5.41) is 1.17. The fourth-order valence-corrected chi connectivity index (χ4v) is 5.27. The lowest BCUT2D eigenvalue weighted by Crippen LogP contribution is -2.30. The second-order valence-electron chi connectivity index (χ2n) is 7.59. The maximum Gasteiger partial charge on any atom is 0.264 e. The first-order chi connectivity index (χ1) is 15.0. The van der Waals surface area contributed by atoms with E-state index in [4.69, 9.17) is 16.0 Å². The number of benzene rings is 1. The van der Waals surface area contributed by atoms with Crippen molar-refractivity contribution in [1.82, 2.24) is 19.9 Å². The highest BCUT2D eigenvalue weighted by Gasteiger charge is 2.35. The first kappa shape index (κ1) is 20.0. The molecule has 0 radical (unpaired) electrons. The third-order valence-electron chi connectivity index (χ3n) is 5.59. The van der Waals surface area contributed by atoms with Crippen LogP contribution in [-0.4, -0.2) is 32.3 Å². The average molecular weight is 455 g/mol. The number of amides is 1. The van der Waals surface area contributed by atoms with E-state index in [0.717, 1.165) is 24.2 Å². The number of fused-ring (bicyclic) bond motifs is 1. The zero-order valence-corrected chi connectivity index (χ0v) is 18.3. The molecule has 31 heavy (non-hydrogen) atoms. The summed E-state index contributed by atoms with van der Waals surface area (Å²) in [7, 11) is 0.